The molecule has 2 aliphatic rings. The first-order valence-corrected chi connectivity index (χ1v) is 13.5. The molecule has 3 aromatic rings. The molecule has 0 spiro atoms. The molecule has 0 saturated carbocycles. The number of likely N-dealkylation sites (N-methyl/N-ethyl adjacent to an activating group) is 1. The van der Waals surface area contributed by atoms with Gasteiger partial charge in [-0.2, -0.15) is 0 Å². The Balaban J connectivity index is 1.41. The number of anilines is 1. The average molecular weight is 483 g/mol. The van der Waals surface area contributed by atoms with Gasteiger partial charge in [-0.3, -0.25) is 4.79 Å². The molecule has 1 aliphatic carbocycles. The van der Waals surface area contributed by atoms with Gasteiger partial charge < -0.3 is 14.9 Å². The van der Waals surface area contributed by atoms with E-state index in [1.807, 2.05) is 36.6 Å². The third kappa shape index (κ3) is 5.03. The van der Waals surface area contributed by atoms with Gasteiger partial charge in [-0.15, -0.1) is 23.1 Å². The van der Waals surface area contributed by atoms with Crippen LogP contribution >= 0.6 is 23.1 Å². The molecule has 1 amide bonds. The van der Waals surface area contributed by atoms with Crippen LogP contribution in [0.15, 0.2) is 35.2 Å². The number of aliphatic hydroxyl groups is 1. The van der Waals surface area contributed by atoms with Crippen molar-refractivity contribution in [2.24, 2.45) is 0 Å². The highest BCUT2D eigenvalue weighted by Gasteiger charge is 2.26. The van der Waals surface area contributed by atoms with E-state index >= 15 is 0 Å². The number of carbonyl (C=O) groups is 1. The summed E-state index contributed by atoms with van der Waals surface area (Å²) in [6.07, 6.45) is 5.50. The summed E-state index contributed by atoms with van der Waals surface area (Å²) in [5.74, 6) is 2.58. The maximum absolute atomic E-state index is 12.0. The number of carbonyl (C=O) groups excluding carboxylic acids is 1. The fourth-order valence-electron chi connectivity index (χ4n) is 4.80. The molecule has 1 aliphatic heterocycles. The number of benzene rings is 1. The van der Waals surface area contributed by atoms with Gasteiger partial charge in [0.05, 0.1) is 17.2 Å². The van der Waals surface area contributed by atoms with Crippen LogP contribution < -0.4 is 4.90 Å². The zero-order valence-electron chi connectivity index (χ0n) is 19.0. The molecule has 0 radical (unpaired) electrons. The van der Waals surface area contributed by atoms with E-state index in [2.05, 4.69) is 17.0 Å². The Morgan fingerprint density at radius 1 is 1.15 bits per heavy atom. The van der Waals surface area contributed by atoms with Gasteiger partial charge in [0.15, 0.2) is 0 Å². The van der Waals surface area contributed by atoms with Crippen LogP contribution in [0.4, 0.5) is 5.82 Å². The lowest BCUT2D eigenvalue weighted by Gasteiger charge is -2.26. The number of hydrogen-bond acceptors (Lipinski definition) is 7. The first-order chi connectivity index (χ1) is 16.1. The van der Waals surface area contributed by atoms with Crippen molar-refractivity contribution in [3.8, 4) is 0 Å². The van der Waals surface area contributed by atoms with Crippen LogP contribution in [0.3, 0.4) is 0 Å². The topological polar surface area (TPSA) is 69.6 Å². The van der Waals surface area contributed by atoms with Crippen molar-refractivity contribution in [2.45, 2.75) is 55.3 Å². The molecular formula is C25H30N4O2S2. The minimum Gasteiger partial charge on any atom is -0.389 e. The van der Waals surface area contributed by atoms with Gasteiger partial charge in [0.2, 0.25) is 5.91 Å². The summed E-state index contributed by atoms with van der Waals surface area (Å²) in [6.45, 7) is 1.57. The number of fused-ring (bicyclic) bond motifs is 3. The Morgan fingerprint density at radius 2 is 1.97 bits per heavy atom. The summed E-state index contributed by atoms with van der Waals surface area (Å²) in [5.41, 5.74) is 1.40. The second-order valence-electron chi connectivity index (χ2n) is 8.93. The molecule has 174 valence electrons. The first kappa shape index (κ1) is 22.6. The molecule has 3 heterocycles. The number of rotatable bonds is 8. The second kappa shape index (κ2) is 9.99. The van der Waals surface area contributed by atoms with Gasteiger partial charge in [-0.05, 0) is 49.8 Å². The lowest BCUT2D eigenvalue weighted by Crippen LogP contribution is -2.40. The van der Waals surface area contributed by atoms with Crippen LogP contribution in [0.25, 0.3) is 10.2 Å². The Bertz CT molecular complexity index is 1130. The third-order valence-corrected chi connectivity index (χ3v) is 8.60. The van der Waals surface area contributed by atoms with E-state index in [1.165, 1.54) is 28.2 Å². The van der Waals surface area contributed by atoms with Crippen molar-refractivity contribution >= 4 is 45.0 Å². The number of hydrogen-bond donors (Lipinski definition) is 1. The van der Waals surface area contributed by atoms with Crippen LogP contribution in [-0.2, 0) is 23.4 Å². The number of thioether (sulfide) groups is 1. The zero-order valence-corrected chi connectivity index (χ0v) is 20.6. The Hall–Kier alpha value is -2.16. The van der Waals surface area contributed by atoms with Crippen LogP contribution in [0.1, 0.15) is 41.9 Å². The maximum atomic E-state index is 12.0. The molecule has 0 bridgehead atoms. The van der Waals surface area contributed by atoms with Gasteiger partial charge in [0, 0.05) is 42.9 Å². The zero-order chi connectivity index (χ0) is 22.8. The van der Waals surface area contributed by atoms with E-state index in [4.69, 9.17) is 9.97 Å². The SMILES string of the molecule is CN(C[C@@H](O)CN1CCCC1=O)c1nc(CSc2ccccc2)nc2sc3c(c12)CCCC3. The second-order valence-corrected chi connectivity index (χ2v) is 11.1. The van der Waals surface area contributed by atoms with Crippen LogP contribution in [-0.4, -0.2) is 58.7 Å². The van der Waals surface area contributed by atoms with E-state index in [1.54, 1.807) is 16.7 Å². The van der Waals surface area contributed by atoms with Crippen molar-refractivity contribution in [2.75, 3.05) is 31.6 Å². The fourth-order valence-corrected chi connectivity index (χ4v) is 6.85. The number of β-amino-alcohol motifs (C(OH)–C–C–N with tert-alkyl or cyclic N) is 1. The molecule has 8 heteroatoms. The largest absolute Gasteiger partial charge is 0.389 e. The predicted octanol–water partition coefficient (Wildman–Crippen LogP) is 4.28. The van der Waals surface area contributed by atoms with E-state index in [0.29, 0.717) is 25.3 Å². The molecule has 6 nitrogen and oxygen atoms in total. The molecular weight excluding hydrogens is 452 g/mol. The Morgan fingerprint density at radius 3 is 2.76 bits per heavy atom. The number of thiophene rings is 1. The summed E-state index contributed by atoms with van der Waals surface area (Å²) >= 11 is 3.55. The van der Waals surface area contributed by atoms with Gasteiger partial charge in [-0.1, -0.05) is 18.2 Å². The predicted molar refractivity (Wildman–Crippen MR) is 135 cm³/mol. The van der Waals surface area contributed by atoms with Crippen LogP contribution in [0, 0.1) is 0 Å². The molecule has 1 aromatic carbocycles. The van der Waals surface area contributed by atoms with E-state index < -0.39 is 6.10 Å². The molecule has 0 unspecified atom stereocenters. The lowest BCUT2D eigenvalue weighted by molar-refractivity contribution is -0.128. The highest BCUT2D eigenvalue weighted by atomic mass is 32.2. The number of amides is 1. The number of likely N-dealkylation sites (tertiary alicyclic amines) is 1. The number of nitrogens with zero attached hydrogens (tertiary/aromatic N) is 4. The number of aromatic nitrogens is 2. The molecule has 33 heavy (non-hydrogen) atoms. The summed E-state index contributed by atoms with van der Waals surface area (Å²) in [6, 6.07) is 10.3. The monoisotopic (exact) mass is 482 g/mol. The maximum Gasteiger partial charge on any atom is 0.222 e. The summed E-state index contributed by atoms with van der Waals surface area (Å²) in [4.78, 5) is 29.5. The molecule has 1 fully saturated rings. The van der Waals surface area contributed by atoms with E-state index in [0.717, 1.165) is 47.7 Å². The minimum atomic E-state index is -0.612. The number of aryl methyl sites for hydroxylation is 2. The highest BCUT2D eigenvalue weighted by Crippen LogP contribution is 2.40. The highest BCUT2D eigenvalue weighted by molar-refractivity contribution is 7.98. The third-order valence-electron chi connectivity index (χ3n) is 6.40. The Labute approximate surface area is 203 Å². The number of aliphatic hydroxyl groups excluding tert-OH is 1. The molecule has 5 rings (SSSR count). The van der Waals surface area contributed by atoms with Gasteiger partial charge in [0.25, 0.3) is 0 Å². The summed E-state index contributed by atoms with van der Waals surface area (Å²) < 4.78 is 0. The molecule has 1 saturated heterocycles. The first-order valence-electron chi connectivity index (χ1n) is 11.7. The van der Waals surface area contributed by atoms with Crippen molar-refractivity contribution in [3.63, 3.8) is 0 Å². The van der Waals surface area contributed by atoms with E-state index in [-0.39, 0.29) is 5.91 Å². The van der Waals surface area contributed by atoms with Gasteiger partial charge in [0.1, 0.15) is 16.5 Å². The average Bonchev–Trinajstić information content (AvgIpc) is 3.40. The quantitative estimate of drug-likeness (QED) is 0.483. The van der Waals surface area contributed by atoms with Crippen molar-refractivity contribution in [1.82, 2.24) is 14.9 Å². The van der Waals surface area contributed by atoms with Crippen molar-refractivity contribution in [3.05, 3.63) is 46.6 Å². The minimum absolute atomic E-state index is 0.147. The molecule has 1 atom stereocenters. The fraction of sp³-hybridized carbons (Fsp3) is 0.480. The summed E-state index contributed by atoms with van der Waals surface area (Å²) in [7, 11) is 2.00. The van der Waals surface area contributed by atoms with Crippen LogP contribution in [0.2, 0.25) is 0 Å². The van der Waals surface area contributed by atoms with Crippen LogP contribution in [0.5, 0.6) is 0 Å². The standard InChI is InChI=1S/C25H30N4O2S2/c1-28(14-17(30)15-29-13-7-12-22(29)31)24-23-19-10-5-6-11-20(19)33-25(23)27-21(26-24)16-32-18-8-3-2-4-9-18/h2-4,8-9,17,30H,5-7,10-16H2,1H3/t17-/m1/s1. The molecule has 2 aromatic heterocycles. The Kier molecular flexibility index (Phi) is 6.85. The van der Waals surface area contributed by atoms with Crippen molar-refractivity contribution in [1.29, 1.82) is 0 Å². The normalized spacial score (nSPS) is 16.9. The summed E-state index contributed by atoms with van der Waals surface area (Å²) in [5, 5.41) is 11.9. The smallest absolute Gasteiger partial charge is 0.222 e. The van der Waals surface area contributed by atoms with Gasteiger partial charge in [-0.25, -0.2) is 9.97 Å². The molecule has 1 N–H and O–H groups in total. The lowest BCUT2D eigenvalue weighted by atomic mass is 9.97. The van der Waals surface area contributed by atoms with E-state index in [9.17, 15) is 9.90 Å². The van der Waals surface area contributed by atoms with Crippen molar-refractivity contribution < 1.29 is 9.90 Å². The van der Waals surface area contributed by atoms with Gasteiger partial charge >= 0.3 is 0 Å².